The molecule has 1 aromatic carbocycles. The van der Waals surface area contributed by atoms with Gasteiger partial charge in [0.15, 0.2) is 0 Å². The fourth-order valence-electron chi connectivity index (χ4n) is 2.41. The van der Waals surface area contributed by atoms with Crippen molar-refractivity contribution in [2.75, 3.05) is 24.2 Å². The molecule has 1 aromatic rings. The summed E-state index contributed by atoms with van der Waals surface area (Å²) < 4.78 is 14.3. The van der Waals surface area contributed by atoms with Crippen LogP contribution in [0.1, 0.15) is 32.3 Å². The van der Waals surface area contributed by atoms with Gasteiger partial charge in [-0.05, 0) is 37.1 Å². The Morgan fingerprint density at radius 2 is 2.16 bits per heavy atom. The summed E-state index contributed by atoms with van der Waals surface area (Å²) in [7, 11) is 1.62. The summed E-state index contributed by atoms with van der Waals surface area (Å²) in [6, 6.07) is 10.3. The Morgan fingerprint density at radius 3 is 2.76 bits per heavy atom. The van der Waals surface area contributed by atoms with Gasteiger partial charge in [0.1, 0.15) is 18.1 Å². The fourth-order valence-corrected chi connectivity index (χ4v) is 3.24. The maximum absolute atomic E-state index is 9.41. The Morgan fingerprint density at radius 1 is 1.40 bits per heavy atom. The van der Waals surface area contributed by atoms with Gasteiger partial charge in [-0.2, -0.15) is 5.26 Å². The average molecular weight is 356 g/mol. The maximum atomic E-state index is 9.41. The number of nitriles is 1. The minimum atomic E-state index is 0.297. The van der Waals surface area contributed by atoms with Crippen LogP contribution < -0.4 is 4.72 Å². The molecule has 0 fully saturated rings. The van der Waals surface area contributed by atoms with E-state index in [1.54, 1.807) is 19.1 Å². The van der Waals surface area contributed by atoms with E-state index in [1.165, 1.54) is 12.8 Å². The quantitative estimate of drug-likeness (QED) is 0.390. The normalized spacial score (nSPS) is 15.9. The molecular formula is C20H24N2O2S. The molecule has 0 aromatic heterocycles. The first-order chi connectivity index (χ1) is 12.2. The van der Waals surface area contributed by atoms with E-state index >= 15 is 0 Å². The molecule has 1 N–H and O–H groups in total. The van der Waals surface area contributed by atoms with Crippen LogP contribution in [0.5, 0.6) is 0 Å². The molecule has 1 aliphatic heterocycles. The number of hydrogen-bond acceptors (Lipinski definition) is 5. The number of nitrogens with zero attached hydrogens (tertiary/aromatic N) is 1. The van der Waals surface area contributed by atoms with E-state index in [4.69, 9.17) is 9.47 Å². The molecule has 0 spiro atoms. The number of methoxy groups -OCH3 is 1. The number of unbranched alkanes of at least 4 members (excludes halogenated alkanes) is 1. The van der Waals surface area contributed by atoms with E-state index in [0.29, 0.717) is 23.7 Å². The van der Waals surface area contributed by atoms with Crippen molar-refractivity contribution in [3.8, 4) is 6.07 Å². The van der Waals surface area contributed by atoms with Crippen LogP contribution in [0.25, 0.3) is 5.57 Å². The van der Waals surface area contributed by atoms with E-state index in [9.17, 15) is 5.26 Å². The van der Waals surface area contributed by atoms with Crippen molar-refractivity contribution in [1.82, 2.24) is 0 Å². The number of nitrogens with one attached hydrogen (secondary N) is 1. The van der Waals surface area contributed by atoms with Gasteiger partial charge < -0.3 is 14.2 Å². The van der Waals surface area contributed by atoms with Gasteiger partial charge in [-0.3, -0.25) is 0 Å². The number of hydrogen-bond donors (Lipinski definition) is 1. The Kier molecular flexibility index (Phi) is 7.49. The van der Waals surface area contributed by atoms with Gasteiger partial charge in [0.05, 0.1) is 18.8 Å². The average Bonchev–Trinajstić information content (AvgIpc) is 3.06. The van der Waals surface area contributed by atoms with E-state index in [-0.39, 0.29) is 0 Å². The molecule has 4 nitrogen and oxygen atoms in total. The Bertz CT molecular complexity index is 712. The van der Waals surface area contributed by atoms with Crippen LogP contribution in [0.4, 0.5) is 5.69 Å². The van der Waals surface area contributed by atoms with Gasteiger partial charge in [0, 0.05) is 23.1 Å². The third kappa shape index (κ3) is 5.07. The van der Waals surface area contributed by atoms with E-state index < -0.39 is 0 Å². The van der Waals surface area contributed by atoms with E-state index in [0.717, 1.165) is 22.6 Å². The summed E-state index contributed by atoms with van der Waals surface area (Å²) >= 11 is 1.71. The lowest BCUT2D eigenvalue weighted by molar-refractivity contribution is 0.266. The summed E-state index contributed by atoms with van der Waals surface area (Å²) in [5.41, 5.74) is 3.50. The highest BCUT2D eigenvalue weighted by Gasteiger charge is 2.23. The highest BCUT2D eigenvalue weighted by molar-refractivity contribution is 8.00. The Balaban J connectivity index is 2.20. The molecule has 0 amide bonds. The summed E-state index contributed by atoms with van der Waals surface area (Å²) in [5.74, 6) is 2.47. The molecular weight excluding hydrogens is 332 g/mol. The molecule has 25 heavy (non-hydrogen) atoms. The van der Waals surface area contributed by atoms with Gasteiger partial charge in [-0.1, -0.05) is 37.4 Å². The van der Waals surface area contributed by atoms with E-state index in [2.05, 4.69) is 17.7 Å². The van der Waals surface area contributed by atoms with Crippen molar-refractivity contribution in [2.45, 2.75) is 26.7 Å². The first kappa shape index (κ1) is 19.0. The molecule has 0 aliphatic carbocycles. The van der Waals surface area contributed by atoms with Gasteiger partial charge in [0.2, 0.25) is 0 Å². The molecule has 0 atom stereocenters. The van der Waals surface area contributed by atoms with Crippen LogP contribution in [0, 0.1) is 11.3 Å². The molecule has 0 unspecified atom stereocenters. The standard InChI is InChI=1S/C20H24N2O2S/c1-4-6-11-25-22-17-9-7-15(8-10-17)20-16(13-21)14-24-19(20)12-18(5-2)23-3/h5,7-10,12,22H,4,6,11,14H2,1-3H3/b18-5-,19-12-. The van der Waals surface area contributed by atoms with Crippen molar-refractivity contribution in [3.63, 3.8) is 0 Å². The molecule has 0 saturated heterocycles. The molecule has 0 bridgehead atoms. The van der Waals surface area contributed by atoms with Gasteiger partial charge in [0.25, 0.3) is 0 Å². The predicted molar refractivity (Wildman–Crippen MR) is 105 cm³/mol. The second-order valence-corrected chi connectivity index (χ2v) is 6.44. The number of ether oxygens (including phenoxy) is 2. The number of benzene rings is 1. The second-order valence-electron chi connectivity index (χ2n) is 5.54. The molecule has 2 rings (SSSR count). The summed E-state index contributed by atoms with van der Waals surface area (Å²) in [4.78, 5) is 0. The first-order valence-electron chi connectivity index (χ1n) is 8.40. The van der Waals surface area contributed by atoms with Crippen molar-refractivity contribution in [3.05, 3.63) is 59.1 Å². The zero-order valence-electron chi connectivity index (χ0n) is 15.0. The van der Waals surface area contributed by atoms with Crippen LogP contribution in [-0.4, -0.2) is 19.5 Å². The lowest BCUT2D eigenvalue weighted by atomic mass is 10.00. The fraction of sp³-hybridized carbons (Fsp3) is 0.350. The molecule has 132 valence electrons. The molecule has 1 aliphatic rings. The highest BCUT2D eigenvalue weighted by atomic mass is 32.2. The lowest BCUT2D eigenvalue weighted by Gasteiger charge is -2.09. The third-order valence-corrected chi connectivity index (χ3v) is 4.69. The van der Waals surface area contributed by atoms with Crippen LogP contribution in [-0.2, 0) is 9.47 Å². The van der Waals surface area contributed by atoms with Crippen molar-refractivity contribution >= 4 is 23.2 Å². The van der Waals surface area contributed by atoms with E-state index in [1.807, 2.05) is 43.3 Å². The van der Waals surface area contributed by atoms with Gasteiger partial charge in [-0.25, -0.2) is 0 Å². The lowest BCUT2D eigenvalue weighted by Crippen LogP contribution is -1.93. The molecule has 5 heteroatoms. The topological polar surface area (TPSA) is 54.3 Å². The van der Waals surface area contributed by atoms with Crippen LogP contribution in [0.15, 0.2) is 53.5 Å². The number of anilines is 1. The maximum Gasteiger partial charge on any atom is 0.132 e. The highest BCUT2D eigenvalue weighted by Crippen LogP contribution is 2.35. The Hall–Kier alpha value is -2.32. The molecule has 1 heterocycles. The number of rotatable bonds is 8. The minimum Gasteiger partial charge on any atom is -0.497 e. The minimum absolute atomic E-state index is 0.297. The van der Waals surface area contributed by atoms with Gasteiger partial charge >= 0.3 is 0 Å². The third-order valence-electron chi connectivity index (χ3n) is 3.81. The van der Waals surface area contributed by atoms with Crippen molar-refractivity contribution < 1.29 is 9.47 Å². The SMILES string of the molecule is C/C=C(/C=C1\OCC(C#N)=C1c1ccc(NSCCCC)cc1)OC. The zero-order chi connectivity index (χ0) is 18.1. The van der Waals surface area contributed by atoms with Crippen LogP contribution >= 0.6 is 11.9 Å². The smallest absolute Gasteiger partial charge is 0.132 e. The summed E-state index contributed by atoms with van der Waals surface area (Å²) in [6.07, 6.45) is 6.08. The largest absolute Gasteiger partial charge is 0.497 e. The summed E-state index contributed by atoms with van der Waals surface area (Å²) in [6.45, 7) is 4.38. The monoisotopic (exact) mass is 356 g/mol. The molecule has 0 radical (unpaired) electrons. The zero-order valence-corrected chi connectivity index (χ0v) is 15.8. The second kappa shape index (κ2) is 9.85. The number of allylic oxidation sites excluding steroid dienone is 3. The van der Waals surface area contributed by atoms with Gasteiger partial charge in [-0.15, -0.1) is 0 Å². The Labute approximate surface area is 154 Å². The van der Waals surface area contributed by atoms with Crippen molar-refractivity contribution in [1.29, 1.82) is 5.26 Å². The molecule has 0 saturated carbocycles. The summed E-state index contributed by atoms with van der Waals surface area (Å²) in [5, 5.41) is 9.41. The first-order valence-corrected chi connectivity index (χ1v) is 9.38. The van der Waals surface area contributed by atoms with Crippen LogP contribution in [0.3, 0.4) is 0 Å². The predicted octanol–water partition coefficient (Wildman–Crippen LogP) is 5.29. The van der Waals surface area contributed by atoms with Crippen LogP contribution in [0.2, 0.25) is 0 Å². The van der Waals surface area contributed by atoms with Crippen molar-refractivity contribution in [2.24, 2.45) is 0 Å².